The van der Waals surface area contributed by atoms with Crippen LogP contribution in [-0.4, -0.2) is 24.8 Å². The minimum atomic E-state index is 0.140. The first kappa shape index (κ1) is 15.9. The molecule has 0 aromatic heterocycles. The summed E-state index contributed by atoms with van der Waals surface area (Å²) in [6.07, 6.45) is 8.08. The van der Waals surface area contributed by atoms with Crippen LogP contribution in [0, 0.1) is 11.1 Å². The lowest BCUT2D eigenvalue weighted by Gasteiger charge is -2.21. The highest BCUT2D eigenvalue weighted by Crippen LogP contribution is 2.09. The molecule has 1 unspecified atom stereocenters. The maximum atomic E-state index is 11.3. The molecule has 0 saturated carbocycles. The number of hydroxylamine groups is 2. The molecule has 2 N–H and O–H groups in total. The normalized spacial score (nSPS) is 13.3. The number of aliphatic hydroxyl groups is 1. The monoisotopic (exact) mass is 231 g/mol. The first-order valence-corrected chi connectivity index (χ1v) is 6.79. The zero-order valence-electron chi connectivity index (χ0n) is 11.0. The molecule has 0 bridgehead atoms. The molecule has 3 nitrogen and oxygen atoms in total. The molecule has 0 rings (SSSR count). The maximum Gasteiger partial charge on any atom is 0.0790 e. The molecule has 0 saturated heterocycles. The van der Waals surface area contributed by atoms with Crippen molar-refractivity contribution in [1.82, 2.24) is 0 Å². The minimum Gasteiger partial charge on any atom is -0.634 e. The summed E-state index contributed by atoms with van der Waals surface area (Å²) in [6.45, 7) is 5.94. The molecular formula is C13H29NO2. The second-order valence-corrected chi connectivity index (χ2v) is 5.07. The Balaban J connectivity index is 3.08. The molecule has 0 heterocycles. The summed E-state index contributed by atoms with van der Waals surface area (Å²) in [5.41, 5.74) is 0. The molecule has 0 spiro atoms. The van der Waals surface area contributed by atoms with Crippen LogP contribution in [0.2, 0.25) is 0 Å². The second-order valence-electron chi connectivity index (χ2n) is 5.07. The van der Waals surface area contributed by atoms with Crippen LogP contribution in [0.1, 0.15) is 58.8 Å². The van der Waals surface area contributed by atoms with E-state index in [1.54, 1.807) is 0 Å². The SMILES string of the molecule is CC(C)CCCCCCC[NH+]([O-])CCCO. The summed E-state index contributed by atoms with van der Waals surface area (Å²) in [5, 5.41) is 20.2. The van der Waals surface area contributed by atoms with Gasteiger partial charge in [0.05, 0.1) is 13.1 Å². The number of aliphatic hydroxyl groups excluding tert-OH is 1. The molecule has 0 aliphatic rings. The van der Waals surface area contributed by atoms with E-state index in [1.165, 1.54) is 32.1 Å². The van der Waals surface area contributed by atoms with Gasteiger partial charge >= 0.3 is 0 Å². The van der Waals surface area contributed by atoms with Crippen LogP contribution in [-0.2, 0) is 0 Å². The summed E-state index contributed by atoms with van der Waals surface area (Å²) in [4.78, 5) is 0. The third-order valence-electron chi connectivity index (χ3n) is 2.85. The van der Waals surface area contributed by atoms with Crippen molar-refractivity contribution in [3.8, 4) is 0 Å². The van der Waals surface area contributed by atoms with Gasteiger partial charge in [0.15, 0.2) is 0 Å². The van der Waals surface area contributed by atoms with E-state index in [9.17, 15) is 5.21 Å². The van der Waals surface area contributed by atoms with Gasteiger partial charge in [-0.15, -0.1) is 0 Å². The van der Waals surface area contributed by atoms with E-state index >= 15 is 0 Å². The Morgan fingerprint density at radius 3 is 2.12 bits per heavy atom. The van der Waals surface area contributed by atoms with Crippen LogP contribution >= 0.6 is 0 Å². The molecule has 0 aliphatic carbocycles. The largest absolute Gasteiger partial charge is 0.634 e. The third kappa shape index (κ3) is 12.0. The number of unbranched alkanes of at least 4 members (excludes halogenated alkanes) is 4. The Bertz CT molecular complexity index is 140. The third-order valence-corrected chi connectivity index (χ3v) is 2.85. The quantitative estimate of drug-likeness (QED) is 0.420. The van der Waals surface area contributed by atoms with Gasteiger partial charge in [-0.1, -0.05) is 39.5 Å². The molecule has 16 heavy (non-hydrogen) atoms. The lowest BCUT2D eigenvalue weighted by molar-refractivity contribution is -0.848. The molecule has 0 aromatic carbocycles. The highest BCUT2D eigenvalue weighted by Gasteiger charge is 1.98. The lowest BCUT2D eigenvalue weighted by atomic mass is 10.0. The van der Waals surface area contributed by atoms with Gasteiger partial charge in [-0.3, -0.25) is 0 Å². The van der Waals surface area contributed by atoms with Crippen molar-refractivity contribution in [3.63, 3.8) is 0 Å². The van der Waals surface area contributed by atoms with Gasteiger partial charge < -0.3 is 15.4 Å². The van der Waals surface area contributed by atoms with Crippen LogP contribution in [0.5, 0.6) is 0 Å². The van der Waals surface area contributed by atoms with Crippen LogP contribution in [0.25, 0.3) is 0 Å². The Morgan fingerprint density at radius 1 is 0.938 bits per heavy atom. The van der Waals surface area contributed by atoms with Crippen LogP contribution in [0.4, 0.5) is 0 Å². The number of hydrogen-bond donors (Lipinski definition) is 2. The smallest absolute Gasteiger partial charge is 0.0790 e. The highest BCUT2D eigenvalue weighted by atomic mass is 16.5. The molecule has 0 aliphatic heterocycles. The van der Waals surface area contributed by atoms with Gasteiger partial charge in [-0.05, 0) is 18.8 Å². The van der Waals surface area contributed by atoms with Gasteiger partial charge in [0, 0.05) is 13.0 Å². The molecule has 3 heteroatoms. The Labute approximate surface area is 100 Å². The van der Waals surface area contributed by atoms with Crippen molar-refractivity contribution in [2.24, 2.45) is 5.92 Å². The summed E-state index contributed by atoms with van der Waals surface area (Å²) in [6, 6.07) is 0. The van der Waals surface area contributed by atoms with Gasteiger partial charge in [0.1, 0.15) is 0 Å². The average Bonchev–Trinajstić information content (AvgIpc) is 2.24. The van der Waals surface area contributed by atoms with Crippen molar-refractivity contribution in [1.29, 1.82) is 0 Å². The summed E-state index contributed by atoms with van der Waals surface area (Å²) < 4.78 is 0. The summed E-state index contributed by atoms with van der Waals surface area (Å²) >= 11 is 0. The summed E-state index contributed by atoms with van der Waals surface area (Å²) in [5.74, 6) is 0.819. The standard InChI is InChI=1S/C13H29NO2/c1-13(2)9-6-4-3-5-7-10-14(16)11-8-12-15/h13-15H,3-12H2,1-2H3. The Hall–Kier alpha value is -0.120. The van der Waals surface area contributed by atoms with Gasteiger partial charge in [0.25, 0.3) is 0 Å². The van der Waals surface area contributed by atoms with E-state index in [4.69, 9.17) is 5.11 Å². The Morgan fingerprint density at radius 2 is 1.50 bits per heavy atom. The van der Waals surface area contributed by atoms with Crippen molar-refractivity contribution >= 4 is 0 Å². The maximum absolute atomic E-state index is 11.3. The number of quaternary nitrogens is 1. The molecule has 0 aromatic rings. The van der Waals surface area contributed by atoms with E-state index in [2.05, 4.69) is 13.8 Å². The molecule has 1 atom stereocenters. The van der Waals surface area contributed by atoms with Crippen LogP contribution in [0.15, 0.2) is 0 Å². The van der Waals surface area contributed by atoms with E-state index in [0.29, 0.717) is 24.6 Å². The van der Waals surface area contributed by atoms with Gasteiger partial charge in [0.2, 0.25) is 0 Å². The van der Waals surface area contributed by atoms with E-state index < -0.39 is 0 Å². The van der Waals surface area contributed by atoms with E-state index in [1.807, 2.05) is 0 Å². The summed E-state index contributed by atoms with van der Waals surface area (Å²) in [7, 11) is 0. The minimum absolute atomic E-state index is 0.140. The van der Waals surface area contributed by atoms with Gasteiger partial charge in [-0.25, -0.2) is 0 Å². The zero-order chi connectivity index (χ0) is 12.2. The zero-order valence-corrected chi connectivity index (χ0v) is 11.0. The van der Waals surface area contributed by atoms with E-state index in [-0.39, 0.29) is 6.61 Å². The fourth-order valence-electron chi connectivity index (χ4n) is 1.81. The lowest BCUT2D eigenvalue weighted by Crippen LogP contribution is -3.07. The topological polar surface area (TPSA) is 47.7 Å². The van der Waals surface area contributed by atoms with Crippen LogP contribution < -0.4 is 5.06 Å². The predicted molar refractivity (Wildman–Crippen MR) is 68.3 cm³/mol. The Kier molecular flexibility index (Phi) is 11.3. The number of rotatable bonds is 11. The fraction of sp³-hybridized carbons (Fsp3) is 1.00. The number of hydrogen-bond acceptors (Lipinski definition) is 2. The van der Waals surface area contributed by atoms with Crippen LogP contribution in [0.3, 0.4) is 0 Å². The second kappa shape index (κ2) is 11.4. The molecule has 98 valence electrons. The molecule has 0 radical (unpaired) electrons. The van der Waals surface area contributed by atoms with Crippen molar-refractivity contribution < 1.29 is 10.2 Å². The fourth-order valence-corrected chi connectivity index (χ4v) is 1.81. The van der Waals surface area contributed by atoms with E-state index in [0.717, 1.165) is 12.3 Å². The molecule has 0 amide bonds. The van der Waals surface area contributed by atoms with Gasteiger partial charge in [-0.2, -0.15) is 0 Å². The molecule has 0 fully saturated rings. The van der Waals surface area contributed by atoms with Crippen molar-refractivity contribution in [2.75, 3.05) is 19.7 Å². The first-order chi connectivity index (χ1) is 7.66. The average molecular weight is 231 g/mol. The predicted octanol–water partition coefficient (Wildman–Crippen LogP) is 1.75. The highest BCUT2D eigenvalue weighted by molar-refractivity contribution is 4.48. The molecular weight excluding hydrogens is 202 g/mol. The first-order valence-electron chi connectivity index (χ1n) is 6.79. The van der Waals surface area contributed by atoms with Crippen molar-refractivity contribution in [3.05, 3.63) is 5.21 Å². The number of nitrogens with one attached hydrogen (secondary N) is 1. The van der Waals surface area contributed by atoms with Crippen molar-refractivity contribution in [2.45, 2.75) is 58.8 Å².